The van der Waals surface area contributed by atoms with Crippen LogP contribution in [0.25, 0.3) is 27.2 Å². The Kier molecular flexibility index (Phi) is 6.98. The van der Waals surface area contributed by atoms with Crippen LogP contribution in [0.3, 0.4) is 0 Å². The fourth-order valence-corrected chi connectivity index (χ4v) is 5.36. The molecule has 0 radical (unpaired) electrons. The average molecular weight is 553 g/mol. The molecule has 198 valence electrons. The van der Waals surface area contributed by atoms with Gasteiger partial charge in [-0.2, -0.15) is 0 Å². The first-order chi connectivity index (χ1) is 19.6. The Morgan fingerprint density at radius 3 is 2.65 bits per heavy atom. The monoisotopic (exact) mass is 552 g/mol. The summed E-state index contributed by atoms with van der Waals surface area (Å²) in [5.74, 6) is -1.83. The van der Waals surface area contributed by atoms with Gasteiger partial charge in [-0.1, -0.05) is 24.3 Å². The fourth-order valence-electron chi connectivity index (χ4n) is 4.39. The highest BCUT2D eigenvalue weighted by atomic mass is 32.1. The molecule has 0 aliphatic heterocycles. The summed E-state index contributed by atoms with van der Waals surface area (Å²) in [6.45, 7) is 0.512. The van der Waals surface area contributed by atoms with Gasteiger partial charge in [0.05, 0.1) is 12.1 Å². The number of nitrogens with zero attached hydrogens (tertiary/aromatic N) is 4. The summed E-state index contributed by atoms with van der Waals surface area (Å²) < 4.78 is 28.8. The molecule has 0 fully saturated rings. The van der Waals surface area contributed by atoms with Crippen molar-refractivity contribution >= 4 is 34.1 Å². The third-order valence-electron chi connectivity index (χ3n) is 6.35. The molecule has 0 saturated carbocycles. The summed E-state index contributed by atoms with van der Waals surface area (Å²) in [6, 6.07) is 21.0. The number of rotatable bonds is 8. The van der Waals surface area contributed by atoms with Crippen molar-refractivity contribution in [2.45, 2.75) is 13.1 Å². The normalized spacial score (nSPS) is 11.1. The van der Waals surface area contributed by atoms with E-state index in [4.69, 9.17) is 0 Å². The van der Waals surface area contributed by atoms with Gasteiger partial charge >= 0.3 is 0 Å². The minimum absolute atomic E-state index is 0.0545. The Morgan fingerprint density at radius 2 is 1.80 bits per heavy atom. The maximum Gasteiger partial charge on any atom is 0.255 e. The quantitative estimate of drug-likeness (QED) is 0.229. The number of benzene rings is 2. The summed E-state index contributed by atoms with van der Waals surface area (Å²) in [5, 5.41) is 6.95. The van der Waals surface area contributed by atoms with Crippen molar-refractivity contribution in [3.05, 3.63) is 125 Å². The maximum absolute atomic E-state index is 13.5. The molecule has 0 saturated heterocycles. The fraction of sp³-hybridized carbons (Fsp3) is 0.0667. The van der Waals surface area contributed by atoms with E-state index in [-0.39, 0.29) is 12.5 Å². The lowest BCUT2D eigenvalue weighted by atomic mass is 10.2. The SMILES string of the molecule is O=C(NCc1ccc(F)c(F)c1)c1cccnc1NCc1ccc(-c2cn(-c3ccccc3)c3ncncc23)s1. The molecule has 0 spiro atoms. The van der Waals surface area contributed by atoms with Crippen LogP contribution in [0.1, 0.15) is 20.8 Å². The lowest BCUT2D eigenvalue weighted by Crippen LogP contribution is -2.24. The largest absolute Gasteiger partial charge is 0.365 e. The third-order valence-corrected chi connectivity index (χ3v) is 7.47. The van der Waals surface area contributed by atoms with Crippen molar-refractivity contribution in [1.82, 2.24) is 24.8 Å². The number of aromatic nitrogens is 4. The molecule has 7 nitrogen and oxygen atoms in total. The third kappa shape index (κ3) is 5.16. The van der Waals surface area contributed by atoms with Crippen LogP contribution in [0.5, 0.6) is 0 Å². The van der Waals surface area contributed by atoms with E-state index in [1.165, 1.54) is 6.07 Å². The van der Waals surface area contributed by atoms with Crippen LogP contribution in [0.2, 0.25) is 0 Å². The topological polar surface area (TPSA) is 84.7 Å². The van der Waals surface area contributed by atoms with E-state index in [1.54, 1.807) is 36.0 Å². The van der Waals surface area contributed by atoms with Gasteiger partial charge in [-0.15, -0.1) is 11.3 Å². The summed E-state index contributed by atoms with van der Waals surface area (Å²) in [6.07, 6.45) is 7.06. The van der Waals surface area contributed by atoms with Gasteiger partial charge in [0.15, 0.2) is 11.6 Å². The van der Waals surface area contributed by atoms with Gasteiger partial charge in [0.1, 0.15) is 17.8 Å². The van der Waals surface area contributed by atoms with E-state index in [1.807, 2.05) is 42.6 Å². The number of hydrogen-bond donors (Lipinski definition) is 2. The molecular weight excluding hydrogens is 530 g/mol. The van der Waals surface area contributed by atoms with Gasteiger partial charge in [-0.25, -0.2) is 23.7 Å². The van der Waals surface area contributed by atoms with E-state index in [2.05, 4.69) is 42.4 Å². The molecule has 6 aromatic rings. The molecule has 10 heteroatoms. The Bertz CT molecular complexity index is 1820. The zero-order chi connectivity index (χ0) is 27.5. The van der Waals surface area contributed by atoms with Crippen LogP contribution in [0, 0.1) is 11.6 Å². The summed E-state index contributed by atoms with van der Waals surface area (Å²) >= 11 is 1.63. The van der Waals surface area contributed by atoms with Crippen molar-refractivity contribution in [1.29, 1.82) is 0 Å². The molecule has 2 aromatic carbocycles. The Balaban J connectivity index is 1.18. The van der Waals surface area contributed by atoms with Gasteiger partial charge in [0, 0.05) is 51.5 Å². The number of anilines is 1. The van der Waals surface area contributed by atoms with Crippen molar-refractivity contribution in [2.75, 3.05) is 5.32 Å². The maximum atomic E-state index is 13.5. The zero-order valence-corrected chi connectivity index (χ0v) is 21.8. The van der Waals surface area contributed by atoms with Gasteiger partial charge in [-0.3, -0.25) is 4.79 Å². The van der Waals surface area contributed by atoms with E-state index in [0.717, 1.165) is 44.2 Å². The van der Waals surface area contributed by atoms with Gasteiger partial charge in [0.25, 0.3) is 5.91 Å². The predicted octanol–water partition coefficient (Wildman–Crippen LogP) is 6.36. The van der Waals surface area contributed by atoms with Crippen LogP contribution < -0.4 is 10.6 Å². The molecule has 4 heterocycles. The Labute approximate surface area is 232 Å². The van der Waals surface area contributed by atoms with E-state index >= 15 is 0 Å². The first-order valence-corrected chi connectivity index (χ1v) is 13.2. The zero-order valence-electron chi connectivity index (χ0n) is 21.0. The standard InChI is InChI=1S/C30H22F2N6OS/c31-25-10-8-19(13-26(25)32)14-36-30(39)22-7-4-12-34-28(22)35-15-21-9-11-27(40-21)24-17-38(20-5-2-1-3-6-20)29-23(24)16-33-18-37-29/h1-13,16-18H,14-15H2,(H,34,35)(H,36,39). The van der Waals surface area contributed by atoms with Crippen LogP contribution in [-0.2, 0) is 13.1 Å². The second kappa shape index (κ2) is 11.0. The molecule has 4 aromatic heterocycles. The van der Waals surface area contributed by atoms with Gasteiger partial charge in [0.2, 0.25) is 0 Å². The molecular formula is C30H22F2N6OS. The minimum atomic E-state index is -0.956. The lowest BCUT2D eigenvalue weighted by Gasteiger charge is -2.11. The number of carbonyl (C=O) groups is 1. The van der Waals surface area contributed by atoms with Crippen molar-refractivity contribution < 1.29 is 13.6 Å². The van der Waals surface area contributed by atoms with Crippen molar-refractivity contribution in [3.63, 3.8) is 0 Å². The molecule has 0 unspecified atom stereocenters. The first-order valence-electron chi connectivity index (χ1n) is 12.4. The van der Waals surface area contributed by atoms with E-state index in [0.29, 0.717) is 23.5 Å². The second-order valence-corrected chi connectivity index (χ2v) is 10.1. The molecule has 6 rings (SSSR count). The number of nitrogens with one attached hydrogen (secondary N) is 2. The number of hydrogen-bond acceptors (Lipinski definition) is 6. The lowest BCUT2D eigenvalue weighted by molar-refractivity contribution is 0.0951. The molecule has 40 heavy (non-hydrogen) atoms. The van der Waals surface area contributed by atoms with E-state index < -0.39 is 11.6 Å². The summed E-state index contributed by atoms with van der Waals surface area (Å²) in [4.78, 5) is 28.1. The summed E-state index contributed by atoms with van der Waals surface area (Å²) in [7, 11) is 0. The Morgan fingerprint density at radius 1 is 0.925 bits per heavy atom. The first kappa shape index (κ1) is 25.3. The molecule has 1 amide bonds. The smallest absolute Gasteiger partial charge is 0.255 e. The van der Waals surface area contributed by atoms with Crippen molar-refractivity contribution in [3.8, 4) is 16.1 Å². The highest BCUT2D eigenvalue weighted by Gasteiger charge is 2.16. The number of thiophene rings is 1. The summed E-state index contributed by atoms with van der Waals surface area (Å²) in [5.41, 5.74) is 3.68. The highest BCUT2D eigenvalue weighted by Crippen LogP contribution is 2.35. The van der Waals surface area contributed by atoms with Crippen LogP contribution >= 0.6 is 11.3 Å². The molecule has 0 atom stereocenters. The van der Waals surface area contributed by atoms with Crippen LogP contribution in [0.4, 0.5) is 14.6 Å². The number of amides is 1. The molecule has 0 bridgehead atoms. The van der Waals surface area contributed by atoms with Crippen molar-refractivity contribution in [2.24, 2.45) is 0 Å². The number of para-hydroxylation sites is 1. The number of halogens is 2. The average Bonchev–Trinajstić information content (AvgIpc) is 3.62. The molecule has 2 N–H and O–H groups in total. The number of pyridine rings is 1. The number of fused-ring (bicyclic) bond motifs is 1. The Hall–Kier alpha value is -4.96. The predicted molar refractivity (Wildman–Crippen MR) is 151 cm³/mol. The minimum Gasteiger partial charge on any atom is -0.365 e. The highest BCUT2D eigenvalue weighted by molar-refractivity contribution is 7.15. The molecule has 0 aliphatic carbocycles. The second-order valence-electron chi connectivity index (χ2n) is 8.96. The van der Waals surface area contributed by atoms with Crippen LogP contribution in [-0.4, -0.2) is 25.4 Å². The van der Waals surface area contributed by atoms with E-state index in [9.17, 15) is 13.6 Å². The van der Waals surface area contributed by atoms with Crippen LogP contribution in [0.15, 0.2) is 97.7 Å². The molecule has 0 aliphatic rings. The van der Waals surface area contributed by atoms with Gasteiger partial charge < -0.3 is 15.2 Å². The number of carbonyl (C=O) groups excluding carboxylic acids is 1. The van der Waals surface area contributed by atoms with Gasteiger partial charge in [-0.05, 0) is 54.1 Å².